The van der Waals surface area contributed by atoms with Gasteiger partial charge in [0.15, 0.2) is 0 Å². The Bertz CT molecular complexity index is 780. The van der Waals surface area contributed by atoms with Crippen LogP contribution in [-0.4, -0.2) is 4.98 Å². The molecule has 0 N–H and O–H groups in total. The van der Waals surface area contributed by atoms with E-state index in [1.807, 2.05) is 12.1 Å². The van der Waals surface area contributed by atoms with Crippen LogP contribution in [-0.2, 0) is 0 Å². The monoisotopic (exact) mass is 333 g/mol. The predicted molar refractivity (Wildman–Crippen MR) is 86.0 cm³/mol. The van der Waals surface area contributed by atoms with Gasteiger partial charge in [-0.2, -0.15) is 0 Å². The molecule has 3 heteroatoms. The molecule has 0 aliphatic carbocycles. The molecule has 19 heavy (non-hydrogen) atoms. The Morgan fingerprint density at radius 3 is 2.47 bits per heavy atom. The predicted octanol–water partition coefficient (Wildman–Crippen LogP) is 5.93. The lowest BCUT2D eigenvalue weighted by molar-refractivity contribution is 0.862. The highest BCUT2D eigenvalue weighted by Crippen LogP contribution is 2.34. The summed E-state index contributed by atoms with van der Waals surface area (Å²) in [4.78, 5) is 4.61. The van der Waals surface area contributed by atoms with Crippen LogP contribution in [0.25, 0.3) is 21.7 Å². The second kappa shape index (κ2) is 4.77. The zero-order valence-corrected chi connectivity index (χ0v) is 13.1. The SMILES string of the molecule is CC(C)c1cc2cc(Br)c3ccccc3c2nc1Cl. The van der Waals surface area contributed by atoms with Crippen molar-refractivity contribution in [1.29, 1.82) is 0 Å². The van der Waals surface area contributed by atoms with Gasteiger partial charge < -0.3 is 0 Å². The third kappa shape index (κ3) is 2.13. The lowest BCUT2D eigenvalue weighted by atomic mass is 10.0. The molecule has 0 atom stereocenters. The molecule has 0 unspecified atom stereocenters. The Morgan fingerprint density at radius 1 is 1.11 bits per heavy atom. The fraction of sp³-hybridized carbons (Fsp3) is 0.188. The van der Waals surface area contributed by atoms with Gasteiger partial charge in [0, 0.05) is 15.2 Å². The Balaban J connectivity index is 2.47. The van der Waals surface area contributed by atoms with Crippen LogP contribution in [0.15, 0.2) is 40.9 Å². The molecule has 0 bridgehead atoms. The van der Waals surface area contributed by atoms with E-state index >= 15 is 0 Å². The van der Waals surface area contributed by atoms with Crippen molar-refractivity contribution in [2.75, 3.05) is 0 Å². The van der Waals surface area contributed by atoms with E-state index in [1.54, 1.807) is 0 Å². The highest BCUT2D eigenvalue weighted by atomic mass is 79.9. The number of pyridine rings is 1. The molecule has 0 radical (unpaired) electrons. The van der Waals surface area contributed by atoms with Gasteiger partial charge in [0.05, 0.1) is 5.52 Å². The molecular weight excluding hydrogens is 322 g/mol. The summed E-state index contributed by atoms with van der Waals surface area (Å²) in [5.41, 5.74) is 2.06. The molecule has 0 fully saturated rings. The first-order valence-electron chi connectivity index (χ1n) is 6.25. The van der Waals surface area contributed by atoms with Crippen molar-refractivity contribution in [2.24, 2.45) is 0 Å². The lowest BCUT2D eigenvalue weighted by Crippen LogP contribution is -1.93. The molecule has 3 aromatic rings. The molecule has 2 aromatic carbocycles. The molecule has 96 valence electrons. The average Bonchev–Trinajstić information content (AvgIpc) is 2.39. The van der Waals surface area contributed by atoms with Crippen LogP contribution >= 0.6 is 27.5 Å². The zero-order valence-electron chi connectivity index (χ0n) is 10.7. The van der Waals surface area contributed by atoms with Crippen LogP contribution in [0.2, 0.25) is 5.15 Å². The largest absolute Gasteiger partial charge is 0.235 e. The number of benzene rings is 2. The molecule has 1 aromatic heterocycles. The first-order valence-corrected chi connectivity index (χ1v) is 7.42. The van der Waals surface area contributed by atoms with Gasteiger partial charge in [-0.3, -0.25) is 0 Å². The number of fused-ring (bicyclic) bond motifs is 3. The highest BCUT2D eigenvalue weighted by Gasteiger charge is 2.11. The number of hydrogen-bond donors (Lipinski definition) is 0. The van der Waals surface area contributed by atoms with Crippen molar-refractivity contribution < 1.29 is 0 Å². The summed E-state index contributed by atoms with van der Waals surface area (Å²) in [6.45, 7) is 4.26. The summed E-state index contributed by atoms with van der Waals surface area (Å²) < 4.78 is 1.09. The number of halogens is 2. The molecule has 3 rings (SSSR count). The topological polar surface area (TPSA) is 12.9 Å². The summed E-state index contributed by atoms with van der Waals surface area (Å²) in [7, 11) is 0. The van der Waals surface area contributed by atoms with E-state index in [-0.39, 0.29) is 0 Å². The first kappa shape index (κ1) is 12.9. The average molecular weight is 335 g/mol. The van der Waals surface area contributed by atoms with Gasteiger partial charge >= 0.3 is 0 Å². The van der Waals surface area contributed by atoms with Crippen molar-refractivity contribution in [3.63, 3.8) is 0 Å². The molecule has 0 saturated heterocycles. The second-order valence-electron chi connectivity index (χ2n) is 5.00. The third-order valence-electron chi connectivity index (χ3n) is 3.38. The van der Waals surface area contributed by atoms with E-state index in [4.69, 9.17) is 11.6 Å². The highest BCUT2D eigenvalue weighted by molar-refractivity contribution is 9.10. The second-order valence-corrected chi connectivity index (χ2v) is 6.21. The summed E-state index contributed by atoms with van der Waals surface area (Å²) in [6.07, 6.45) is 0. The number of hydrogen-bond acceptors (Lipinski definition) is 1. The zero-order chi connectivity index (χ0) is 13.6. The van der Waals surface area contributed by atoms with Gasteiger partial charge in [-0.25, -0.2) is 4.98 Å². The Kier molecular flexibility index (Phi) is 3.23. The van der Waals surface area contributed by atoms with Crippen molar-refractivity contribution in [2.45, 2.75) is 19.8 Å². The lowest BCUT2D eigenvalue weighted by Gasteiger charge is -2.11. The first-order chi connectivity index (χ1) is 9.08. The smallest absolute Gasteiger partial charge is 0.133 e. The van der Waals surface area contributed by atoms with Gasteiger partial charge in [-0.15, -0.1) is 0 Å². The minimum atomic E-state index is 0.370. The standard InChI is InChI=1S/C16H13BrClN/c1-9(2)13-7-10-8-14(17)11-5-3-4-6-12(11)15(10)19-16(13)18/h3-9H,1-2H3. The molecule has 0 aliphatic rings. The minimum Gasteiger partial charge on any atom is -0.235 e. The van der Waals surface area contributed by atoms with Gasteiger partial charge in [0.25, 0.3) is 0 Å². The Morgan fingerprint density at radius 2 is 1.79 bits per heavy atom. The van der Waals surface area contributed by atoms with E-state index in [0.29, 0.717) is 11.1 Å². The minimum absolute atomic E-state index is 0.370. The van der Waals surface area contributed by atoms with E-state index in [0.717, 1.165) is 31.7 Å². The number of nitrogens with zero attached hydrogens (tertiary/aromatic N) is 1. The van der Waals surface area contributed by atoms with Crippen molar-refractivity contribution in [3.05, 3.63) is 51.6 Å². The summed E-state index contributed by atoms with van der Waals surface area (Å²) in [5, 5.41) is 4.02. The summed E-state index contributed by atoms with van der Waals surface area (Å²) >= 11 is 9.95. The van der Waals surface area contributed by atoms with Gasteiger partial charge in [0.2, 0.25) is 0 Å². The van der Waals surface area contributed by atoms with E-state index < -0.39 is 0 Å². The molecule has 1 heterocycles. The molecule has 0 saturated carbocycles. The van der Waals surface area contributed by atoms with E-state index in [1.165, 1.54) is 0 Å². The number of aromatic nitrogens is 1. The van der Waals surface area contributed by atoms with Crippen LogP contribution < -0.4 is 0 Å². The van der Waals surface area contributed by atoms with Crippen LogP contribution in [0.5, 0.6) is 0 Å². The molecule has 0 amide bonds. The fourth-order valence-electron chi connectivity index (χ4n) is 2.37. The number of rotatable bonds is 1. The third-order valence-corrected chi connectivity index (χ3v) is 4.34. The van der Waals surface area contributed by atoms with Gasteiger partial charge in [0.1, 0.15) is 5.15 Å². The molecule has 1 nitrogen and oxygen atoms in total. The van der Waals surface area contributed by atoms with Crippen LogP contribution in [0, 0.1) is 0 Å². The Hall–Kier alpha value is -1.12. The maximum Gasteiger partial charge on any atom is 0.133 e. The summed E-state index contributed by atoms with van der Waals surface area (Å²) in [6, 6.07) is 12.5. The van der Waals surface area contributed by atoms with Gasteiger partial charge in [-0.1, -0.05) is 65.6 Å². The van der Waals surface area contributed by atoms with Crippen molar-refractivity contribution in [1.82, 2.24) is 4.98 Å². The van der Waals surface area contributed by atoms with Crippen molar-refractivity contribution in [3.8, 4) is 0 Å². The molecule has 0 aliphatic heterocycles. The molecule has 0 spiro atoms. The normalized spacial score (nSPS) is 11.6. The Labute approximate surface area is 125 Å². The van der Waals surface area contributed by atoms with Crippen LogP contribution in [0.3, 0.4) is 0 Å². The van der Waals surface area contributed by atoms with Crippen molar-refractivity contribution >= 4 is 49.2 Å². The van der Waals surface area contributed by atoms with Crippen LogP contribution in [0.1, 0.15) is 25.3 Å². The quantitative estimate of drug-likeness (QED) is 0.397. The van der Waals surface area contributed by atoms with Crippen LogP contribution in [0.4, 0.5) is 0 Å². The maximum absolute atomic E-state index is 6.32. The van der Waals surface area contributed by atoms with E-state index in [2.05, 4.69) is 59.0 Å². The molecular formula is C16H13BrClN. The fourth-order valence-corrected chi connectivity index (χ4v) is 3.32. The maximum atomic E-state index is 6.32. The summed E-state index contributed by atoms with van der Waals surface area (Å²) in [5.74, 6) is 0.370. The van der Waals surface area contributed by atoms with Gasteiger partial charge in [-0.05, 0) is 29.0 Å². The van der Waals surface area contributed by atoms with E-state index in [9.17, 15) is 0 Å².